The van der Waals surface area contributed by atoms with Gasteiger partial charge in [-0.2, -0.15) is 0 Å². The Bertz CT molecular complexity index is 349. The summed E-state index contributed by atoms with van der Waals surface area (Å²) in [6.07, 6.45) is 3.63. The molecule has 0 saturated carbocycles. The number of Topliss-reactive ketones (excluding diaryl/α,β-unsaturated/α-hetero) is 1. The zero-order valence-corrected chi connectivity index (χ0v) is 11.5. The van der Waals surface area contributed by atoms with Crippen molar-refractivity contribution in [1.82, 2.24) is 0 Å². The van der Waals surface area contributed by atoms with Crippen LogP contribution in [0.15, 0.2) is 23.1 Å². The second-order valence-corrected chi connectivity index (χ2v) is 4.88. The average Bonchev–Trinajstić information content (AvgIpc) is 2.28. The van der Waals surface area contributed by atoms with Crippen LogP contribution in [0.4, 0.5) is 0 Å². The number of hydrogen-bond donors (Lipinski definition) is 0. The number of thioether (sulfide) groups is 1. The third kappa shape index (κ3) is 3.35. The van der Waals surface area contributed by atoms with E-state index < -0.39 is 0 Å². The molecule has 0 unspecified atom stereocenters. The van der Waals surface area contributed by atoms with E-state index in [1.165, 1.54) is 10.5 Å². The minimum atomic E-state index is 0.213. The Morgan fingerprint density at radius 3 is 2.73 bits per heavy atom. The molecular formula is C12H15BrOS. The van der Waals surface area contributed by atoms with Gasteiger partial charge in [-0.15, -0.1) is 11.8 Å². The molecule has 82 valence electrons. The van der Waals surface area contributed by atoms with Crippen LogP contribution in [0.5, 0.6) is 0 Å². The van der Waals surface area contributed by atoms with Crippen molar-refractivity contribution in [2.75, 3.05) is 11.6 Å². The zero-order chi connectivity index (χ0) is 11.3. The summed E-state index contributed by atoms with van der Waals surface area (Å²) in [7, 11) is 0. The Kier molecular flexibility index (Phi) is 5.40. The maximum Gasteiger partial charge on any atom is 0.163 e. The molecule has 0 saturated heterocycles. The van der Waals surface area contributed by atoms with Gasteiger partial charge in [-0.1, -0.05) is 35.0 Å². The molecule has 0 aromatic heterocycles. The van der Waals surface area contributed by atoms with Gasteiger partial charge in [-0.3, -0.25) is 4.79 Å². The van der Waals surface area contributed by atoms with Crippen molar-refractivity contribution in [2.45, 2.75) is 24.7 Å². The summed E-state index contributed by atoms with van der Waals surface area (Å²) in [6.45, 7) is 2.13. The molecule has 0 amide bonds. The quantitative estimate of drug-likeness (QED) is 0.463. The maximum absolute atomic E-state index is 11.7. The van der Waals surface area contributed by atoms with E-state index in [2.05, 4.69) is 28.9 Å². The van der Waals surface area contributed by atoms with E-state index in [1.807, 2.05) is 18.4 Å². The Morgan fingerprint density at radius 2 is 2.20 bits per heavy atom. The van der Waals surface area contributed by atoms with Crippen molar-refractivity contribution in [2.24, 2.45) is 0 Å². The van der Waals surface area contributed by atoms with Crippen molar-refractivity contribution in [3.05, 3.63) is 29.3 Å². The lowest BCUT2D eigenvalue weighted by Crippen LogP contribution is -2.00. The van der Waals surface area contributed by atoms with E-state index in [1.54, 1.807) is 11.8 Å². The first kappa shape index (κ1) is 12.8. The van der Waals surface area contributed by atoms with Gasteiger partial charge in [0.25, 0.3) is 0 Å². The fraction of sp³-hybridized carbons (Fsp3) is 0.417. The van der Waals surface area contributed by atoms with Gasteiger partial charge in [-0.05, 0) is 24.3 Å². The van der Waals surface area contributed by atoms with Crippen molar-refractivity contribution in [3.63, 3.8) is 0 Å². The monoisotopic (exact) mass is 286 g/mol. The normalized spacial score (nSPS) is 10.3. The highest BCUT2D eigenvalue weighted by Gasteiger charge is 2.07. The molecule has 1 nitrogen and oxygen atoms in total. The second-order valence-electron chi connectivity index (χ2n) is 3.24. The molecule has 3 heteroatoms. The minimum Gasteiger partial charge on any atom is -0.294 e. The first-order valence-electron chi connectivity index (χ1n) is 4.99. The van der Waals surface area contributed by atoms with Gasteiger partial charge in [0.15, 0.2) is 5.78 Å². The summed E-state index contributed by atoms with van der Waals surface area (Å²) < 4.78 is 0. The number of hydrogen-bond acceptors (Lipinski definition) is 2. The van der Waals surface area contributed by atoms with Crippen molar-refractivity contribution >= 4 is 33.5 Å². The van der Waals surface area contributed by atoms with Gasteiger partial charge >= 0.3 is 0 Å². The molecule has 0 fully saturated rings. The molecule has 1 aromatic rings. The predicted octanol–water partition coefficient (Wildman–Crippen LogP) is 3.94. The second kappa shape index (κ2) is 6.33. The van der Waals surface area contributed by atoms with Gasteiger partial charge in [0, 0.05) is 22.2 Å². The Labute approximate surface area is 104 Å². The van der Waals surface area contributed by atoms with E-state index in [4.69, 9.17) is 0 Å². The number of rotatable bonds is 5. The molecule has 0 heterocycles. The average molecular weight is 287 g/mol. The number of alkyl halides is 1. The highest BCUT2D eigenvalue weighted by atomic mass is 79.9. The zero-order valence-electron chi connectivity index (χ0n) is 9.05. The molecule has 0 aliphatic heterocycles. The fourth-order valence-corrected chi connectivity index (χ4v) is 2.52. The third-order valence-corrected chi connectivity index (χ3v) is 3.53. The number of carbonyl (C=O) groups excluding carboxylic acids is 1. The summed E-state index contributed by atoms with van der Waals surface area (Å²) in [5, 5.41) is 0.732. The molecule has 0 N–H and O–H groups in total. The molecule has 1 aromatic carbocycles. The maximum atomic E-state index is 11.7. The smallest absolute Gasteiger partial charge is 0.163 e. The molecule has 0 aliphatic carbocycles. The summed E-state index contributed by atoms with van der Waals surface area (Å²) in [5.74, 6) is 0.213. The minimum absolute atomic E-state index is 0.213. The largest absolute Gasteiger partial charge is 0.294 e. The lowest BCUT2D eigenvalue weighted by Gasteiger charge is -2.07. The summed E-state index contributed by atoms with van der Waals surface area (Å²) >= 11 is 4.99. The van der Waals surface area contributed by atoms with Gasteiger partial charge in [0.2, 0.25) is 0 Å². The van der Waals surface area contributed by atoms with Crippen LogP contribution in [0.1, 0.15) is 29.3 Å². The van der Waals surface area contributed by atoms with E-state index in [0.29, 0.717) is 6.42 Å². The topological polar surface area (TPSA) is 17.1 Å². The summed E-state index contributed by atoms with van der Waals surface area (Å²) in [6, 6.07) is 6.01. The van der Waals surface area contributed by atoms with Crippen LogP contribution in [0.3, 0.4) is 0 Å². The molecule has 0 atom stereocenters. The van der Waals surface area contributed by atoms with Crippen molar-refractivity contribution in [1.29, 1.82) is 0 Å². The Balaban J connectivity index is 2.97. The van der Waals surface area contributed by atoms with E-state index in [-0.39, 0.29) is 5.78 Å². The van der Waals surface area contributed by atoms with E-state index >= 15 is 0 Å². The fourth-order valence-electron chi connectivity index (χ4n) is 1.44. The van der Waals surface area contributed by atoms with Crippen molar-refractivity contribution < 1.29 is 4.79 Å². The highest BCUT2D eigenvalue weighted by molar-refractivity contribution is 9.09. The molecular weight excluding hydrogens is 272 g/mol. The number of benzene rings is 1. The summed E-state index contributed by atoms with van der Waals surface area (Å²) in [5.41, 5.74) is 2.15. The van der Waals surface area contributed by atoms with Gasteiger partial charge in [-0.25, -0.2) is 0 Å². The molecule has 0 aliphatic rings. The first-order valence-corrected chi connectivity index (χ1v) is 7.33. The van der Waals surface area contributed by atoms with Crippen LogP contribution in [0.2, 0.25) is 0 Å². The van der Waals surface area contributed by atoms with E-state index in [0.717, 1.165) is 17.3 Å². The van der Waals surface area contributed by atoms with Crippen LogP contribution in [-0.4, -0.2) is 17.4 Å². The number of aryl methyl sites for hydroxylation is 1. The number of halogens is 1. The number of ketones is 1. The molecule has 0 spiro atoms. The molecule has 0 bridgehead atoms. The molecule has 15 heavy (non-hydrogen) atoms. The lowest BCUT2D eigenvalue weighted by atomic mass is 10.1. The van der Waals surface area contributed by atoms with Gasteiger partial charge in [0.1, 0.15) is 0 Å². The van der Waals surface area contributed by atoms with Crippen molar-refractivity contribution in [3.8, 4) is 0 Å². The van der Waals surface area contributed by atoms with E-state index in [9.17, 15) is 4.79 Å². The third-order valence-electron chi connectivity index (χ3n) is 2.31. The van der Waals surface area contributed by atoms with Crippen LogP contribution >= 0.6 is 27.7 Å². The summed E-state index contributed by atoms with van der Waals surface area (Å²) in [4.78, 5) is 12.9. The van der Waals surface area contributed by atoms with Crippen LogP contribution in [-0.2, 0) is 6.42 Å². The van der Waals surface area contributed by atoms with Crippen LogP contribution in [0.25, 0.3) is 0 Å². The Hall–Kier alpha value is -0.280. The standard InChI is InChI=1S/C12H15BrOS/c1-3-9-4-5-10(8-12(9)15-2)11(14)6-7-13/h4-5,8H,3,6-7H2,1-2H3. The van der Waals surface area contributed by atoms with Crippen LogP contribution in [0, 0.1) is 0 Å². The predicted molar refractivity (Wildman–Crippen MR) is 70.3 cm³/mol. The lowest BCUT2D eigenvalue weighted by molar-refractivity contribution is 0.0989. The Morgan fingerprint density at radius 1 is 1.47 bits per heavy atom. The van der Waals surface area contributed by atoms with Crippen LogP contribution < -0.4 is 0 Å². The number of carbonyl (C=O) groups is 1. The van der Waals surface area contributed by atoms with Gasteiger partial charge < -0.3 is 0 Å². The first-order chi connectivity index (χ1) is 7.22. The highest BCUT2D eigenvalue weighted by Crippen LogP contribution is 2.23. The molecule has 1 rings (SSSR count). The SMILES string of the molecule is CCc1ccc(C(=O)CCBr)cc1SC. The van der Waals surface area contributed by atoms with Gasteiger partial charge in [0.05, 0.1) is 0 Å². The molecule has 0 radical (unpaired) electrons.